The number of rotatable bonds is 5. The average molecular weight is 519 g/mol. The number of nitrogens with zero attached hydrogens (tertiary/aromatic N) is 3. The molecule has 0 bridgehead atoms. The summed E-state index contributed by atoms with van der Waals surface area (Å²) in [5, 5.41) is 7.84. The molecule has 8 heteroatoms. The molecule has 6 nitrogen and oxygen atoms in total. The molecule has 2 aliphatic carbocycles. The standard InChI is InChI=1S/C30H32F2N4O2/c1-30-18-21-19-33-36(26-9-7-24(31)8-10-26)28(21)17-23(30)6-5-22(30)16-27(20-3-2-4-25(32)15-20)34-29(37)35-11-13-38-14-12-35/h2-4,7-10,15,17,19,22,27H,5-6,11-14,16,18H2,1H3,(H,34,37)/t22-,27?,30-/m1/s1. The predicted molar refractivity (Wildman–Crippen MR) is 141 cm³/mol. The zero-order valence-electron chi connectivity index (χ0n) is 21.5. The third kappa shape index (κ3) is 4.62. The minimum absolute atomic E-state index is 0.0844. The van der Waals surface area contributed by atoms with Crippen LogP contribution in [-0.2, 0) is 11.2 Å². The van der Waals surface area contributed by atoms with Gasteiger partial charge in [-0.3, -0.25) is 0 Å². The van der Waals surface area contributed by atoms with Crippen LogP contribution < -0.4 is 5.32 Å². The summed E-state index contributed by atoms with van der Waals surface area (Å²) in [5.41, 5.74) is 5.11. The predicted octanol–water partition coefficient (Wildman–Crippen LogP) is 5.68. The molecule has 198 valence electrons. The molecular weight excluding hydrogens is 486 g/mol. The van der Waals surface area contributed by atoms with Gasteiger partial charge in [-0.1, -0.05) is 24.6 Å². The molecule has 3 atom stereocenters. The van der Waals surface area contributed by atoms with Crippen LogP contribution in [0, 0.1) is 23.0 Å². The Morgan fingerprint density at radius 1 is 1.16 bits per heavy atom. The summed E-state index contributed by atoms with van der Waals surface area (Å²) in [6, 6.07) is 12.5. The molecule has 2 heterocycles. The van der Waals surface area contributed by atoms with Gasteiger partial charge in [0, 0.05) is 13.1 Å². The van der Waals surface area contributed by atoms with Crippen LogP contribution in [0.1, 0.15) is 49.0 Å². The van der Waals surface area contributed by atoms with E-state index in [0.717, 1.165) is 48.2 Å². The van der Waals surface area contributed by atoms with Crippen molar-refractivity contribution >= 4 is 12.1 Å². The van der Waals surface area contributed by atoms with Gasteiger partial charge in [0.05, 0.1) is 36.8 Å². The van der Waals surface area contributed by atoms with Crippen LogP contribution in [0.3, 0.4) is 0 Å². The Kier molecular flexibility index (Phi) is 6.51. The second-order valence-corrected chi connectivity index (χ2v) is 10.8. The fourth-order valence-corrected chi connectivity index (χ4v) is 6.39. The average Bonchev–Trinajstić information content (AvgIpc) is 3.47. The first-order chi connectivity index (χ1) is 18.4. The summed E-state index contributed by atoms with van der Waals surface area (Å²) in [6.07, 6.45) is 7.68. The lowest BCUT2D eigenvalue weighted by Gasteiger charge is -2.38. The summed E-state index contributed by atoms with van der Waals surface area (Å²) >= 11 is 0. The number of allylic oxidation sites excluding steroid dienone is 1. The maximum absolute atomic E-state index is 14.2. The van der Waals surface area contributed by atoms with Gasteiger partial charge < -0.3 is 15.0 Å². The Morgan fingerprint density at radius 2 is 1.95 bits per heavy atom. The van der Waals surface area contributed by atoms with Crippen LogP contribution in [0.25, 0.3) is 11.8 Å². The van der Waals surface area contributed by atoms with Crippen LogP contribution >= 0.6 is 0 Å². The number of benzene rings is 2. The number of carbonyl (C=O) groups excluding carboxylic acids is 1. The molecule has 38 heavy (non-hydrogen) atoms. The zero-order chi connectivity index (χ0) is 26.3. The molecule has 1 N–H and O–H groups in total. The number of morpholine rings is 1. The molecule has 1 unspecified atom stereocenters. The maximum atomic E-state index is 14.2. The van der Waals surface area contributed by atoms with Crippen molar-refractivity contribution in [2.45, 2.75) is 38.6 Å². The van der Waals surface area contributed by atoms with Crippen molar-refractivity contribution in [3.05, 3.63) is 88.8 Å². The second kappa shape index (κ2) is 9.98. The number of amides is 2. The van der Waals surface area contributed by atoms with E-state index in [0.29, 0.717) is 32.2 Å². The first kappa shape index (κ1) is 24.8. The monoisotopic (exact) mass is 518 g/mol. The van der Waals surface area contributed by atoms with Crippen LogP contribution in [0.4, 0.5) is 13.6 Å². The second-order valence-electron chi connectivity index (χ2n) is 10.8. The van der Waals surface area contributed by atoms with E-state index in [2.05, 4.69) is 23.4 Å². The first-order valence-electron chi connectivity index (χ1n) is 13.3. The van der Waals surface area contributed by atoms with Gasteiger partial charge in [0.25, 0.3) is 0 Å². The molecule has 1 saturated carbocycles. The van der Waals surface area contributed by atoms with Gasteiger partial charge in [0.15, 0.2) is 0 Å². The fraction of sp³-hybridized carbons (Fsp3) is 0.400. The van der Waals surface area contributed by atoms with Gasteiger partial charge in [-0.15, -0.1) is 0 Å². The summed E-state index contributed by atoms with van der Waals surface area (Å²) in [5.74, 6) is -0.274. The first-order valence-corrected chi connectivity index (χ1v) is 13.3. The number of urea groups is 1. The van der Waals surface area contributed by atoms with Gasteiger partial charge in [0.1, 0.15) is 11.6 Å². The third-order valence-corrected chi connectivity index (χ3v) is 8.59. The summed E-state index contributed by atoms with van der Waals surface area (Å²) < 4.78 is 35.0. The number of hydrogen-bond acceptors (Lipinski definition) is 3. The van der Waals surface area contributed by atoms with Crippen molar-refractivity contribution in [1.82, 2.24) is 20.0 Å². The Hall–Kier alpha value is -3.52. The Labute approximate surface area is 221 Å². The molecule has 2 amide bonds. The lowest BCUT2D eigenvalue weighted by atomic mass is 9.68. The lowest BCUT2D eigenvalue weighted by molar-refractivity contribution is 0.0520. The Morgan fingerprint density at radius 3 is 2.71 bits per heavy atom. The van der Waals surface area contributed by atoms with Gasteiger partial charge in [-0.2, -0.15) is 5.10 Å². The molecule has 0 spiro atoms. The molecule has 3 aromatic rings. The van der Waals surface area contributed by atoms with E-state index in [4.69, 9.17) is 4.74 Å². The quantitative estimate of drug-likeness (QED) is 0.473. The van der Waals surface area contributed by atoms with Crippen molar-refractivity contribution in [2.75, 3.05) is 26.3 Å². The van der Waals surface area contributed by atoms with E-state index in [-0.39, 0.29) is 29.1 Å². The number of nitrogens with one attached hydrogen (secondary N) is 1. The Bertz CT molecular complexity index is 1360. The minimum Gasteiger partial charge on any atom is -0.378 e. The molecule has 0 radical (unpaired) electrons. The van der Waals surface area contributed by atoms with E-state index in [9.17, 15) is 13.6 Å². The van der Waals surface area contributed by atoms with Crippen LogP contribution in [0.5, 0.6) is 0 Å². The molecule has 1 aromatic heterocycles. The van der Waals surface area contributed by atoms with Gasteiger partial charge in [-0.05, 0) is 90.6 Å². The van der Waals surface area contributed by atoms with Crippen molar-refractivity contribution in [3.8, 4) is 5.69 Å². The van der Waals surface area contributed by atoms with Gasteiger partial charge in [-0.25, -0.2) is 18.3 Å². The number of aromatic nitrogens is 2. The van der Waals surface area contributed by atoms with Crippen molar-refractivity contribution in [3.63, 3.8) is 0 Å². The van der Waals surface area contributed by atoms with Crippen LogP contribution in [0.2, 0.25) is 0 Å². The highest BCUT2D eigenvalue weighted by Gasteiger charge is 2.46. The highest BCUT2D eigenvalue weighted by Crippen LogP contribution is 2.55. The van der Waals surface area contributed by atoms with Crippen molar-refractivity contribution < 1.29 is 18.3 Å². The molecule has 3 aliphatic rings. The number of carbonyl (C=O) groups is 1. The maximum Gasteiger partial charge on any atom is 0.318 e. The fourth-order valence-electron chi connectivity index (χ4n) is 6.39. The van der Waals surface area contributed by atoms with Crippen LogP contribution in [0.15, 0.2) is 60.3 Å². The highest BCUT2D eigenvalue weighted by atomic mass is 19.1. The number of hydrogen-bond donors (Lipinski definition) is 1. The number of halogens is 2. The third-order valence-electron chi connectivity index (χ3n) is 8.59. The number of fused-ring (bicyclic) bond motifs is 2. The molecule has 2 fully saturated rings. The normalized spacial score (nSPS) is 23.4. The van der Waals surface area contributed by atoms with Crippen molar-refractivity contribution in [2.24, 2.45) is 11.3 Å². The number of ether oxygens (including phenoxy) is 1. The lowest BCUT2D eigenvalue weighted by Crippen LogP contribution is -2.47. The summed E-state index contributed by atoms with van der Waals surface area (Å²) in [7, 11) is 0. The van der Waals surface area contributed by atoms with E-state index in [1.54, 1.807) is 23.1 Å². The van der Waals surface area contributed by atoms with E-state index in [1.807, 2.05) is 16.9 Å². The minimum atomic E-state index is -0.304. The summed E-state index contributed by atoms with van der Waals surface area (Å²) in [6.45, 7) is 4.47. The summed E-state index contributed by atoms with van der Waals surface area (Å²) in [4.78, 5) is 14.9. The van der Waals surface area contributed by atoms with Crippen LogP contribution in [-0.4, -0.2) is 47.0 Å². The molecule has 2 aromatic carbocycles. The SMILES string of the molecule is C[C@]12Cc3cnn(-c4ccc(F)cc4)c3C=C1CC[C@@H]2CC(NC(=O)N1CCOCC1)c1cccc(F)c1. The molecule has 6 rings (SSSR count). The van der Waals surface area contributed by atoms with Gasteiger partial charge >= 0.3 is 6.03 Å². The van der Waals surface area contributed by atoms with E-state index in [1.165, 1.54) is 29.8 Å². The van der Waals surface area contributed by atoms with E-state index >= 15 is 0 Å². The zero-order valence-corrected chi connectivity index (χ0v) is 21.5. The van der Waals surface area contributed by atoms with Gasteiger partial charge in [0.2, 0.25) is 0 Å². The molecule has 1 aliphatic heterocycles. The highest BCUT2D eigenvalue weighted by molar-refractivity contribution is 5.75. The smallest absolute Gasteiger partial charge is 0.318 e. The topological polar surface area (TPSA) is 59.4 Å². The Balaban J connectivity index is 1.26. The van der Waals surface area contributed by atoms with Crippen molar-refractivity contribution in [1.29, 1.82) is 0 Å². The van der Waals surface area contributed by atoms with E-state index < -0.39 is 0 Å². The molecule has 1 saturated heterocycles. The largest absolute Gasteiger partial charge is 0.378 e. The molecular formula is C30H32F2N4O2.